The Hall–Kier alpha value is -2.99. The number of carbonyl (C=O) groups excluding carboxylic acids is 1. The molecule has 0 saturated carbocycles. The zero-order chi connectivity index (χ0) is 21.0. The fraction of sp³-hybridized carbons (Fsp3) is 0.273. The van der Waals surface area contributed by atoms with Crippen LogP contribution in [0.25, 0.3) is 0 Å². The van der Waals surface area contributed by atoms with Crippen molar-refractivity contribution in [2.24, 2.45) is 0 Å². The number of rotatable bonds is 7. The maximum absolute atomic E-state index is 12.8. The quantitative estimate of drug-likeness (QED) is 0.555. The largest absolute Gasteiger partial charge is 0.493 e. The molecule has 0 aliphatic rings. The third kappa shape index (κ3) is 4.90. The summed E-state index contributed by atoms with van der Waals surface area (Å²) < 4.78 is 16.5. The van der Waals surface area contributed by atoms with E-state index in [0.717, 1.165) is 22.6 Å². The van der Waals surface area contributed by atoms with Gasteiger partial charge in [0.25, 0.3) is 5.91 Å². The van der Waals surface area contributed by atoms with Crippen LogP contribution in [0.4, 0.5) is 0 Å². The van der Waals surface area contributed by atoms with Crippen molar-refractivity contribution >= 4 is 17.5 Å². The summed E-state index contributed by atoms with van der Waals surface area (Å²) in [5.41, 5.74) is 3.20. The number of methoxy groups -OCH3 is 1. The summed E-state index contributed by atoms with van der Waals surface area (Å²) in [6, 6.07) is 12.6. The lowest BCUT2D eigenvalue weighted by atomic mass is 10.1. The lowest BCUT2D eigenvalue weighted by molar-refractivity contribution is 0.0784. The molecular weight excluding hydrogens is 392 g/mol. The van der Waals surface area contributed by atoms with Gasteiger partial charge in [0, 0.05) is 24.2 Å². The lowest BCUT2D eigenvalue weighted by Crippen LogP contribution is -2.26. The molecule has 0 N–H and O–H groups in total. The minimum atomic E-state index is -0.115. The van der Waals surface area contributed by atoms with Crippen molar-refractivity contribution < 1.29 is 18.8 Å². The third-order valence-corrected chi connectivity index (χ3v) is 4.90. The average molecular weight is 415 g/mol. The number of aromatic nitrogens is 1. The highest BCUT2D eigenvalue weighted by Gasteiger charge is 2.16. The summed E-state index contributed by atoms with van der Waals surface area (Å²) in [4.78, 5) is 14.5. The van der Waals surface area contributed by atoms with Crippen molar-refractivity contribution in [3.05, 3.63) is 75.6 Å². The molecule has 0 fully saturated rings. The van der Waals surface area contributed by atoms with E-state index in [9.17, 15) is 4.79 Å². The van der Waals surface area contributed by atoms with E-state index in [4.69, 9.17) is 25.6 Å². The number of amides is 1. The highest BCUT2D eigenvalue weighted by atomic mass is 35.5. The first kappa shape index (κ1) is 20.7. The Morgan fingerprint density at radius 3 is 2.48 bits per heavy atom. The molecule has 0 saturated heterocycles. The van der Waals surface area contributed by atoms with Gasteiger partial charge in [-0.15, -0.1) is 0 Å². The molecule has 0 bridgehead atoms. The summed E-state index contributed by atoms with van der Waals surface area (Å²) in [5, 5.41) is 4.59. The van der Waals surface area contributed by atoms with Gasteiger partial charge in [-0.05, 0) is 49.7 Å². The Labute approximate surface area is 175 Å². The van der Waals surface area contributed by atoms with Crippen LogP contribution in [0.1, 0.15) is 32.9 Å². The Kier molecular flexibility index (Phi) is 6.44. The Bertz CT molecular complexity index is 979. The van der Waals surface area contributed by atoms with Crippen LogP contribution in [-0.2, 0) is 13.2 Å². The Morgan fingerprint density at radius 1 is 1.14 bits per heavy atom. The minimum Gasteiger partial charge on any atom is -0.493 e. The first-order valence-corrected chi connectivity index (χ1v) is 9.49. The van der Waals surface area contributed by atoms with Gasteiger partial charge in [-0.25, -0.2) is 0 Å². The normalized spacial score (nSPS) is 10.7. The minimum absolute atomic E-state index is 0.115. The van der Waals surface area contributed by atoms with Gasteiger partial charge >= 0.3 is 0 Å². The van der Waals surface area contributed by atoms with Gasteiger partial charge in [0.15, 0.2) is 11.5 Å². The Balaban J connectivity index is 1.71. The standard InChI is InChI=1S/C22H23ClN2O4/c1-14-19(15(2)29-24-14)13-28-20-10-7-17(11-21(20)27-4)22(26)25(3)12-16-5-8-18(23)9-6-16/h5-11H,12-13H2,1-4H3. The van der Waals surface area contributed by atoms with Crippen molar-refractivity contribution in [2.75, 3.05) is 14.2 Å². The number of nitrogens with zero attached hydrogens (tertiary/aromatic N) is 2. The van der Waals surface area contributed by atoms with Crippen LogP contribution in [0.5, 0.6) is 11.5 Å². The number of hydrogen-bond donors (Lipinski definition) is 0. The highest BCUT2D eigenvalue weighted by molar-refractivity contribution is 6.30. The molecule has 1 aromatic heterocycles. The van der Waals surface area contributed by atoms with E-state index in [-0.39, 0.29) is 5.91 Å². The zero-order valence-electron chi connectivity index (χ0n) is 16.9. The molecule has 0 unspecified atom stereocenters. The van der Waals surface area contributed by atoms with E-state index in [1.54, 1.807) is 37.3 Å². The SMILES string of the molecule is COc1cc(C(=O)N(C)Cc2ccc(Cl)cc2)ccc1OCc1c(C)noc1C. The van der Waals surface area contributed by atoms with E-state index in [0.29, 0.717) is 35.2 Å². The summed E-state index contributed by atoms with van der Waals surface area (Å²) in [7, 11) is 3.30. The van der Waals surface area contributed by atoms with E-state index in [2.05, 4.69) is 5.16 Å². The van der Waals surface area contributed by atoms with Crippen molar-refractivity contribution in [3.8, 4) is 11.5 Å². The van der Waals surface area contributed by atoms with Crippen LogP contribution < -0.4 is 9.47 Å². The highest BCUT2D eigenvalue weighted by Crippen LogP contribution is 2.30. The van der Waals surface area contributed by atoms with Gasteiger partial charge in [0.05, 0.1) is 18.4 Å². The predicted molar refractivity (Wildman–Crippen MR) is 111 cm³/mol. The van der Waals surface area contributed by atoms with Crippen LogP contribution in [0.15, 0.2) is 47.0 Å². The van der Waals surface area contributed by atoms with Crippen LogP contribution in [0, 0.1) is 13.8 Å². The first-order valence-electron chi connectivity index (χ1n) is 9.11. The lowest BCUT2D eigenvalue weighted by Gasteiger charge is -2.18. The van der Waals surface area contributed by atoms with E-state index in [1.165, 1.54) is 0 Å². The molecule has 1 heterocycles. The molecule has 3 rings (SSSR count). The number of halogens is 1. The topological polar surface area (TPSA) is 64.8 Å². The molecule has 0 spiro atoms. The maximum Gasteiger partial charge on any atom is 0.254 e. The number of ether oxygens (including phenoxy) is 2. The van der Waals surface area contributed by atoms with E-state index >= 15 is 0 Å². The molecule has 7 heteroatoms. The molecule has 152 valence electrons. The summed E-state index contributed by atoms with van der Waals surface area (Å²) in [6.07, 6.45) is 0. The zero-order valence-corrected chi connectivity index (χ0v) is 17.6. The molecule has 3 aromatic rings. The molecule has 6 nitrogen and oxygen atoms in total. The smallest absolute Gasteiger partial charge is 0.254 e. The number of carbonyl (C=O) groups is 1. The summed E-state index contributed by atoms with van der Waals surface area (Å²) in [6.45, 7) is 4.49. The van der Waals surface area contributed by atoms with E-state index < -0.39 is 0 Å². The van der Waals surface area contributed by atoms with Crippen molar-refractivity contribution in [3.63, 3.8) is 0 Å². The van der Waals surface area contributed by atoms with Crippen molar-refractivity contribution in [1.82, 2.24) is 10.1 Å². The van der Waals surface area contributed by atoms with Gasteiger partial charge < -0.3 is 18.9 Å². The second-order valence-corrected chi connectivity index (χ2v) is 7.18. The van der Waals surface area contributed by atoms with Crippen molar-refractivity contribution in [2.45, 2.75) is 27.0 Å². The maximum atomic E-state index is 12.8. The van der Waals surface area contributed by atoms with E-state index in [1.807, 2.05) is 38.1 Å². The molecular formula is C22H23ClN2O4. The fourth-order valence-electron chi connectivity index (χ4n) is 2.93. The predicted octanol–water partition coefficient (Wildman–Crippen LogP) is 4.80. The monoisotopic (exact) mass is 414 g/mol. The molecule has 29 heavy (non-hydrogen) atoms. The van der Waals surface area contributed by atoms with Gasteiger partial charge in [0.1, 0.15) is 12.4 Å². The van der Waals surface area contributed by atoms with Crippen LogP contribution in [0.2, 0.25) is 5.02 Å². The summed E-state index contributed by atoms with van der Waals surface area (Å²) >= 11 is 5.92. The second kappa shape index (κ2) is 9.01. The van der Waals surface area contributed by atoms with Crippen molar-refractivity contribution in [1.29, 1.82) is 0 Å². The van der Waals surface area contributed by atoms with Gasteiger partial charge in [-0.2, -0.15) is 0 Å². The second-order valence-electron chi connectivity index (χ2n) is 6.74. The number of aryl methyl sites for hydroxylation is 2. The molecule has 2 aromatic carbocycles. The van der Waals surface area contributed by atoms with Gasteiger partial charge in [-0.1, -0.05) is 28.9 Å². The first-order chi connectivity index (χ1) is 13.9. The molecule has 0 aliphatic carbocycles. The van der Waals surface area contributed by atoms with Crippen LogP contribution in [-0.4, -0.2) is 30.1 Å². The number of benzene rings is 2. The van der Waals surface area contributed by atoms with Crippen LogP contribution in [0.3, 0.4) is 0 Å². The molecule has 0 radical (unpaired) electrons. The molecule has 0 aliphatic heterocycles. The fourth-order valence-corrected chi connectivity index (χ4v) is 3.06. The average Bonchev–Trinajstić information content (AvgIpc) is 3.04. The Morgan fingerprint density at radius 2 is 1.86 bits per heavy atom. The molecule has 1 amide bonds. The molecule has 0 atom stereocenters. The van der Waals surface area contributed by atoms with Gasteiger partial charge in [0.2, 0.25) is 0 Å². The van der Waals surface area contributed by atoms with Crippen LogP contribution >= 0.6 is 11.6 Å². The third-order valence-electron chi connectivity index (χ3n) is 4.64. The number of hydrogen-bond acceptors (Lipinski definition) is 5. The van der Waals surface area contributed by atoms with Gasteiger partial charge in [-0.3, -0.25) is 4.79 Å². The summed E-state index contributed by atoms with van der Waals surface area (Å²) in [5.74, 6) is 1.64.